The zero-order chi connectivity index (χ0) is 26.6. The first kappa shape index (κ1) is 27.8. The SMILES string of the molecule is CC(C)(C)OC(=O)N1CC(F)(F)[C@H](NS(C)(=O)=O)[C@@H]1Cc1cccc(B2OC(C)(C)C(C)(C)O2)c1. The predicted octanol–water partition coefficient (Wildman–Crippen LogP) is 2.70. The molecule has 0 aromatic heterocycles. The van der Waals surface area contributed by atoms with Gasteiger partial charge in [0.25, 0.3) is 5.92 Å². The van der Waals surface area contributed by atoms with Gasteiger partial charge in [0.1, 0.15) is 11.6 Å². The number of hydrogen-bond donors (Lipinski definition) is 1. The number of nitrogens with one attached hydrogen (secondary N) is 1. The summed E-state index contributed by atoms with van der Waals surface area (Å²) >= 11 is 0. The Labute approximate surface area is 206 Å². The van der Waals surface area contributed by atoms with Gasteiger partial charge in [0.15, 0.2) is 0 Å². The minimum absolute atomic E-state index is 0.0324. The highest BCUT2D eigenvalue weighted by Gasteiger charge is 2.58. The standard InChI is InChI=1S/C23H35BF2N2O6S/c1-20(2,3)32-19(29)28-14-23(25,26)18(27-35(8,30)31)17(28)13-15-10-9-11-16(12-15)24-33-21(4,5)22(6,7)34-24/h9-12,17-18,27H,13-14H2,1-8H3/t17-,18+/m0/s1. The lowest BCUT2D eigenvalue weighted by Gasteiger charge is -2.32. The van der Waals surface area contributed by atoms with Crippen molar-refractivity contribution < 1.29 is 36.0 Å². The summed E-state index contributed by atoms with van der Waals surface area (Å²) in [5.74, 6) is -3.49. The molecule has 2 aliphatic rings. The van der Waals surface area contributed by atoms with Gasteiger partial charge >= 0.3 is 13.2 Å². The first-order chi connectivity index (χ1) is 15.7. The fourth-order valence-electron chi connectivity index (χ4n) is 4.14. The van der Waals surface area contributed by atoms with Crippen LogP contribution in [-0.2, 0) is 30.5 Å². The van der Waals surface area contributed by atoms with Crippen LogP contribution in [-0.4, -0.2) is 74.1 Å². The van der Waals surface area contributed by atoms with Crippen molar-refractivity contribution in [2.45, 2.75) is 89.7 Å². The first-order valence-corrected chi connectivity index (χ1v) is 13.4. The summed E-state index contributed by atoms with van der Waals surface area (Å²) in [4.78, 5) is 13.7. The number of ether oxygens (including phenoxy) is 1. The van der Waals surface area contributed by atoms with Gasteiger partial charge in [-0.2, -0.15) is 0 Å². The van der Waals surface area contributed by atoms with Crippen molar-refractivity contribution in [1.82, 2.24) is 9.62 Å². The summed E-state index contributed by atoms with van der Waals surface area (Å²) < 4.78 is 73.4. The van der Waals surface area contributed by atoms with Gasteiger partial charge < -0.3 is 14.0 Å². The molecule has 196 valence electrons. The van der Waals surface area contributed by atoms with E-state index >= 15 is 8.78 Å². The quantitative estimate of drug-likeness (QED) is 0.605. The van der Waals surface area contributed by atoms with E-state index in [1.165, 1.54) is 0 Å². The molecule has 1 aromatic carbocycles. The van der Waals surface area contributed by atoms with Crippen molar-refractivity contribution in [2.75, 3.05) is 12.8 Å². The molecule has 8 nitrogen and oxygen atoms in total. The highest BCUT2D eigenvalue weighted by molar-refractivity contribution is 7.88. The third-order valence-corrected chi connectivity index (χ3v) is 7.19. The molecule has 12 heteroatoms. The molecule has 2 saturated heterocycles. The Morgan fingerprint density at radius 2 is 1.77 bits per heavy atom. The van der Waals surface area contributed by atoms with Crippen LogP contribution in [0.2, 0.25) is 0 Å². The van der Waals surface area contributed by atoms with Crippen LogP contribution in [0.25, 0.3) is 0 Å². The summed E-state index contributed by atoms with van der Waals surface area (Å²) in [6.45, 7) is 11.7. The number of sulfonamides is 1. The molecule has 0 aliphatic carbocycles. The lowest BCUT2D eigenvalue weighted by Crippen LogP contribution is -2.52. The summed E-state index contributed by atoms with van der Waals surface area (Å²) in [5, 5.41) is 0. The number of carbonyl (C=O) groups is 1. The van der Waals surface area contributed by atoms with E-state index < -0.39 is 64.6 Å². The second-order valence-electron chi connectivity index (χ2n) is 11.3. The molecule has 0 saturated carbocycles. The zero-order valence-electron chi connectivity index (χ0n) is 21.5. The van der Waals surface area contributed by atoms with Gasteiger partial charge in [-0.1, -0.05) is 24.3 Å². The summed E-state index contributed by atoms with van der Waals surface area (Å²) in [6.07, 6.45) is -0.146. The van der Waals surface area contributed by atoms with Gasteiger partial charge in [-0.05, 0) is 65.9 Å². The van der Waals surface area contributed by atoms with E-state index in [0.717, 1.165) is 11.2 Å². The Hall–Kier alpha value is -1.76. The first-order valence-electron chi connectivity index (χ1n) is 11.5. The van der Waals surface area contributed by atoms with E-state index in [1.807, 2.05) is 38.5 Å². The van der Waals surface area contributed by atoms with Gasteiger partial charge in [-0.15, -0.1) is 0 Å². The molecule has 0 unspecified atom stereocenters. The van der Waals surface area contributed by atoms with Crippen LogP contribution < -0.4 is 10.2 Å². The van der Waals surface area contributed by atoms with Gasteiger partial charge in [-0.25, -0.2) is 26.7 Å². The summed E-state index contributed by atoms with van der Waals surface area (Å²) in [5.41, 5.74) is -0.704. The van der Waals surface area contributed by atoms with Crippen LogP contribution in [0.3, 0.4) is 0 Å². The number of alkyl halides is 2. The Balaban J connectivity index is 1.93. The Kier molecular flexibility index (Phi) is 7.13. The number of benzene rings is 1. The van der Waals surface area contributed by atoms with E-state index in [2.05, 4.69) is 0 Å². The molecule has 1 aromatic rings. The van der Waals surface area contributed by atoms with Crippen molar-refractivity contribution >= 4 is 28.7 Å². The predicted molar refractivity (Wildman–Crippen MR) is 129 cm³/mol. The average molecular weight is 516 g/mol. The monoisotopic (exact) mass is 516 g/mol. The number of carbonyl (C=O) groups excluding carboxylic acids is 1. The molecule has 3 rings (SSSR count). The molecule has 0 bridgehead atoms. The van der Waals surface area contributed by atoms with Gasteiger partial charge in [0.2, 0.25) is 10.0 Å². The molecule has 0 spiro atoms. The van der Waals surface area contributed by atoms with Gasteiger partial charge in [0, 0.05) is 0 Å². The second kappa shape index (κ2) is 8.97. The molecule has 1 N–H and O–H groups in total. The molecule has 2 atom stereocenters. The van der Waals surface area contributed by atoms with E-state index in [1.54, 1.807) is 39.0 Å². The highest BCUT2D eigenvalue weighted by atomic mass is 32.2. The Morgan fingerprint density at radius 3 is 2.29 bits per heavy atom. The summed E-state index contributed by atoms with van der Waals surface area (Å²) in [6, 6.07) is 4.07. The number of nitrogens with zero attached hydrogens (tertiary/aromatic N) is 1. The van der Waals surface area contributed by atoms with Gasteiger partial charge in [-0.3, -0.25) is 4.90 Å². The molecule has 2 heterocycles. The summed E-state index contributed by atoms with van der Waals surface area (Å²) in [7, 11) is -4.64. The van der Waals surface area contributed by atoms with Crippen molar-refractivity contribution in [3.63, 3.8) is 0 Å². The third-order valence-electron chi connectivity index (χ3n) is 6.51. The fourth-order valence-corrected chi connectivity index (χ4v) is 4.93. The van der Waals surface area contributed by atoms with Crippen molar-refractivity contribution in [3.05, 3.63) is 29.8 Å². The fraction of sp³-hybridized carbons (Fsp3) is 0.696. The maximum atomic E-state index is 15.0. The minimum Gasteiger partial charge on any atom is -0.444 e. The van der Waals surface area contributed by atoms with E-state index in [9.17, 15) is 13.2 Å². The van der Waals surface area contributed by atoms with Crippen LogP contribution in [0.4, 0.5) is 13.6 Å². The van der Waals surface area contributed by atoms with Crippen LogP contribution >= 0.6 is 0 Å². The number of hydrogen-bond acceptors (Lipinski definition) is 6. The molecule has 0 radical (unpaired) electrons. The molecule has 2 aliphatic heterocycles. The Bertz CT molecular complexity index is 1060. The zero-order valence-corrected chi connectivity index (χ0v) is 22.3. The van der Waals surface area contributed by atoms with Crippen molar-refractivity contribution in [2.24, 2.45) is 0 Å². The van der Waals surface area contributed by atoms with Crippen LogP contribution in [0.5, 0.6) is 0 Å². The number of rotatable bonds is 5. The molecule has 2 fully saturated rings. The molecular formula is C23H35BF2N2O6S. The normalized spacial score (nSPS) is 25.7. The van der Waals surface area contributed by atoms with E-state index in [4.69, 9.17) is 14.0 Å². The number of likely N-dealkylation sites (tertiary alicyclic amines) is 1. The second-order valence-corrected chi connectivity index (χ2v) is 13.1. The number of halogens is 2. The highest BCUT2D eigenvalue weighted by Crippen LogP contribution is 2.37. The minimum atomic E-state index is -3.98. The molecule has 35 heavy (non-hydrogen) atoms. The van der Waals surface area contributed by atoms with Crippen molar-refractivity contribution in [1.29, 1.82) is 0 Å². The molecule has 1 amide bonds. The molecular weight excluding hydrogens is 481 g/mol. The Morgan fingerprint density at radius 1 is 1.20 bits per heavy atom. The third kappa shape index (κ3) is 6.33. The van der Waals surface area contributed by atoms with Crippen LogP contribution in [0.1, 0.15) is 54.0 Å². The maximum Gasteiger partial charge on any atom is 0.494 e. The number of amides is 1. The largest absolute Gasteiger partial charge is 0.494 e. The van der Waals surface area contributed by atoms with Crippen LogP contribution in [0, 0.1) is 0 Å². The van der Waals surface area contributed by atoms with Crippen LogP contribution in [0.15, 0.2) is 24.3 Å². The van der Waals surface area contributed by atoms with E-state index in [0.29, 0.717) is 11.0 Å². The lowest BCUT2D eigenvalue weighted by atomic mass is 9.78. The van der Waals surface area contributed by atoms with E-state index in [-0.39, 0.29) is 6.42 Å². The average Bonchev–Trinajstić information content (AvgIpc) is 3.02. The topological polar surface area (TPSA) is 94.2 Å². The maximum absolute atomic E-state index is 15.0. The van der Waals surface area contributed by atoms with Crippen molar-refractivity contribution in [3.8, 4) is 0 Å². The van der Waals surface area contributed by atoms with Gasteiger partial charge in [0.05, 0.1) is 30.0 Å². The lowest BCUT2D eigenvalue weighted by molar-refractivity contribution is -0.0122. The smallest absolute Gasteiger partial charge is 0.444 e.